The molecule has 0 aromatic carbocycles. The van der Waals surface area contributed by atoms with Crippen molar-refractivity contribution in [1.29, 1.82) is 0 Å². The van der Waals surface area contributed by atoms with E-state index in [9.17, 15) is 4.79 Å². The summed E-state index contributed by atoms with van der Waals surface area (Å²) in [5.41, 5.74) is 0.794. The average Bonchev–Trinajstić information content (AvgIpc) is 2.62. The van der Waals surface area contributed by atoms with Crippen molar-refractivity contribution in [3.8, 4) is 0 Å². The molecule has 0 fully saturated rings. The third kappa shape index (κ3) is 2.88. The lowest BCUT2D eigenvalue weighted by molar-refractivity contribution is -0.143. The number of imidazole rings is 1. The van der Waals surface area contributed by atoms with Gasteiger partial charge in [0.15, 0.2) is 0 Å². The van der Waals surface area contributed by atoms with Crippen molar-refractivity contribution in [2.75, 3.05) is 6.61 Å². The van der Waals surface area contributed by atoms with Crippen LogP contribution in [0.1, 0.15) is 5.69 Å². The second-order valence-corrected chi connectivity index (χ2v) is 2.89. The normalized spacial score (nSPS) is 9.79. The summed E-state index contributed by atoms with van der Waals surface area (Å²) < 4.78 is 6.47. The topological polar surface area (TPSA) is 44.1 Å². The monoisotopic (exact) mass is 214 g/mol. The number of nitrogens with zero attached hydrogens (tertiary/aromatic N) is 2. The van der Waals surface area contributed by atoms with Crippen LogP contribution < -0.4 is 0 Å². The number of esters is 1. The lowest BCUT2D eigenvalue weighted by atomic mass is 10.5. The van der Waals surface area contributed by atoms with Crippen LogP contribution in [0.25, 0.3) is 0 Å². The largest absolute Gasteiger partial charge is 0.460 e. The van der Waals surface area contributed by atoms with E-state index in [-0.39, 0.29) is 19.1 Å². The molecule has 0 saturated carbocycles. The van der Waals surface area contributed by atoms with Crippen molar-refractivity contribution in [2.24, 2.45) is 0 Å². The summed E-state index contributed by atoms with van der Waals surface area (Å²) in [5, 5.41) is 0. The lowest BCUT2D eigenvalue weighted by Gasteiger charge is -2.04. The van der Waals surface area contributed by atoms with Crippen molar-refractivity contribution in [1.82, 2.24) is 9.55 Å². The molecule has 0 amide bonds. The summed E-state index contributed by atoms with van der Waals surface area (Å²) in [7, 11) is 0. The summed E-state index contributed by atoms with van der Waals surface area (Å²) in [5.74, 6) is 0.00336. The average molecular weight is 215 g/mol. The van der Waals surface area contributed by atoms with E-state index in [1.165, 1.54) is 6.08 Å². The SMILES string of the molecule is C=CCOC(=O)Cn1cncc1CCl. The van der Waals surface area contributed by atoms with Gasteiger partial charge in [0.1, 0.15) is 13.2 Å². The Morgan fingerprint density at radius 2 is 2.57 bits per heavy atom. The van der Waals surface area contributed by atoms with Crippen molar-refractivity contribution < 1.29 is 9.53 Å². The number of aromatic nitrogens is 2. The van der Waals surface area contributed by atoms with Crippen LogP contribution in [-0.2, 0) is 22.0 Å². The van der Waals surface area contributed by atoms with Crippen molar-refractivity contribution in [3.63, 3.8) is 0 Å². The van der Waals surface area contributed by atoms with Gasteiger partial charge in [0.05, 0.1) is 17.9 Å². The van der Waals surface area contributed by atoms with E-state index in [4.69, 9.17) is 16.3 Å². The molecule has 0 aliphatic heterocycles. The van der Waals surface area contributed by atoms with Gasteiger partial charge >= 0.3 is 5.97 Å². The van der Waals surface area contributed by atoms with Crippen LogP contribution in [0.15, 0.2) is 25.2 Å². The van der Waals surface area contributed by atoms with Gasteiger partial charge in [0.25, 0.3) is 0 Å². The number of hydrogen-bond donors (Lipinski definition) is 0. The molecular weight excluding hydrogens is 204 g/mol. The lowest BCUT2D eigenvalue weighted by Crippen LogP contribution is -2.14. The number of hydrogen-bond acceptors (Lipinski definition) is 3. The van der Waals surface area contributed by atoms with Crippen LogP contribution >= 0.6 is 11.6 Å². The highest BCUT2D eigenvalue weighted by Gasteiger charge is 2.06. The fourth-order valence-corrected chi connectivity index (χ4v) is 1.16. The predicted octanol–water partition coefficient (Wildman–Crippen LogP) is 1.35. The third-order valence-electron chi connectivity index (χ3n) is 1.60. The van der Waals surface area contributed by atoms with Gasteiger partial charge in [0.2, 0.25) is 0 Å². The molecule has 0 atom stereocenters. The molecule has 1 aromatic heterocycles. The number of halogens is 1. The van der Waals surface area contributed by atoms with E-state index in [2.05, 4.69) is 11.6 Å². The fourth-order valence-electron chi connectivity index (χ4n) is 0.938. The predicted molar refractivity (Wildman–Crippen MR) is 52.9 cm³/mol. The first-order chi connectivity index (χ1) is 6.77. The number of carbonyl (C=O) groups is 1. The van der Waals surface area contributed by atoms with Gasteiger partial charge in [-0.2, -0.15) is 0 Å². The molecule has 0 bridgehead atoms. The number of carbonyl (C=O) groups excluding carboxylic acids is 1. The van der Waals surface area contributed by atoms with Crippen LogP contribution in [0.3, 0.4) is 0 Å². The molecule has 1 rings (SSSR count). The molecule has 14 heavy (non-hydrogen) atoms. The molecule has 0 aliphatic carbocycles. The highest BCUT2D eigenvalue weighted by Crippen LogP contribution is 2.03. The summed E-state index contributed by atoms with van der Waals surface area (Å²) in [4.78, 5) is 15.1. The molecular formula is C9H11ClN2O2. The molecule has 0 aliphatic rings. The molecule has 4 nitrogen and oxygen atoms in total. The Morgan fingerprint density at radius 3 is 3.21 bits per heavy atom. The van der Waals surface area contributed by atoms with Crippen LogP contribution in [0.5, 0.6) is 0 Å². The first-order valence-corrected chi connectivity index (χ1v) is 4.63. The zero-order valence-electron chi connectivity index (χ0n) is 7.65. The first-order valence-electron chi connectivity index (χ1n) is 4.09. The van der Waals surface area contributed by atoms with Gasteiger partial charge in [0, 0.05) is 6.20 Å². The van der Waals surface area contributed by atoms with Crippen molar-refractivity contribution in [2.45, 2.75) is 12.4 Å². The second-order valence-electron chi connectivity index (χ2n) is 2.62. The minimum absolute atomic E-state index is 0.135. The number of alkyl halides is 1. The number of ether oxygens (including phenoxy) is 1. The first kappa shape index (κ1) is 10.8. The van der Waals surface area contributed by atoms with Gasteiger partial charge in [-0.3, -0.25) is 4.79 Å². The Morgan fingerprint density at radius 1 is 1.79 bits per heavy atom. The molecule has 0 saturated heterocycles. The molecule has 1 heterocycles. The molecule has 76 valence electrons. The molecule has 0 N–H and O–H groups in total. The summed E-state index contributed by atoms with van der Waals surface area (Å²) >= 11 is 5.63. The van der Waals surface area contributed by atoms with E-state index in [0.717, 1.165) is 5.69 Å². The van der Waals surface area contributed by atoms with Gasteiger partial charge in [-0.15, -0.1) is 11.6 Å². The highest BCUT2D eigenvalue weighted by molar-refractivity contribution is 6.16. The van der Waals surface area contributed by atoms with E-state index in [1.807, 2.05) is 0 Å². The Bertz CT molecular complexity index is 322. The van der Waals surface area contributed by atoms with Gasteiger partial charge in [-0.25, -0.2) is 4.98 Å². The van der Waals surface area contributed by atoms with Crippen molar-refractivity contribution >= 4 is 17.6 Å². The maximum Gasteiger partial charge on any atom is 0.326 e. The summed E-state index contributed by atoms with van der Waals surface area (Å²) in [6, 6.07) is 0. The quantitative estimate of drug-likeness (QED) is 0.422. The minimum atomic E-state index is -0.325. The second kappa shape index (κ2) is 5.44. The van der Waals surface area contributed by atoms with E-state index < -0.39 is 0 Å². The number of rotatable bonds is 5. The van der Waals surface area contributed by atoms with Crippen LogP contribution in [0.4, 0.5) is 0 Å². The highest BCUT2D eigenvalue weighted by atomic mass is 35.5. The zero-order chi connectivity index (χ0) is 10.4. The van der Waals surface area contributed by atoms with Gasteiger partial charge < -0.3 is 9.30 Å². The van der Waals surface area contributed by atoms with E-state index in [0.29, 0.717) is 5.88 Å². The minimum Gasteiger partial charge on any atom is -0.460 e. The van der Waals surface area contributed by atoms with Crippen LogP contribution in [0, 0.1) is 0 Å². The maximum atomic E-state index is 11.2. The smallest absolute Gasteiger partial charge is 0.326 e. The maximum absolute atomic E-state index is 11.2. The molecule has 0 spiro atoms. The third-order valence-corrected chi connectivity index (χ3v) is 1.87. The van der Waals surface area contributed by atoms with E-state index in [1.54, 1.807) is 17.1 Å². The van der Waals surface area contributed by atoms with Gasteiger partial charge in [-0.05, 0) is 0 Å². The zero-order valence-corrected chi connectivity index (χ0v) is 8.41. The molecule has 1 aromatic rings. The summed E-state index contributed by atoms with van der Waals surface area (Å²) in [6.07, 6.45) is 4.69. The Labute approximate surface area is 87.1 Å². The van der Waals surface area contributed by atoms with E-state index >= 15 is 0 Å². The molecule has 5 heteroatoms. The summed E-state index contributed by atoms with van der Waals surface area (Å²) in [6.45, 7) is 3.81. The standard InChI is InChI=1S/C9H11ClN2O2/c1-2-3-14-9(13)6-12-7-11-5-8(12)4-10/h2,5,7H,1,3-4,6H2. The van der Waals surface area contributed by atoms with Crippen molar-refractivity contribution in [3.05, 3.63) is 30.9 Å². The molecule has 0 radical (unpaired) electrons. The fraction of sp³-hybridized carbons (Fsp3) is 0.333. The van der Waals surface area contributed by atoms with Crippen LogP contribution in [-0.4, -0.2) is 22.1 Å². The Balaban J connectivity index is 2.51. The van der Waals surface area contributed by atoms with Crippen LogP contribution in [0.2, 0.25) is 0 Å². The molecule has 0 unspecified atom stereocenters. The Kier molecular flexibility index (Phi) is 4.19. The van der Waals surface area contributed by atoms with Gasteiger partial charge in [-0.1, -0.05) is 12.7 Å². The Hall–Kier alpha value is -1.29.